The molecule has 0 N–H and O–H groups in total. The Bertz CT molecular complexity index is 502. The summed E-state index contributed by atoms with van der Waals surface area (Å²) in [5.74, 6) is 0.355. The first-order valence-corrected chi connectivity index (χ1v) is 6.23. The summed E-state index contributed by atoms with van der Waals surface area (Å²) < 4.78 is 5.61. The minimum atomic E-state index is 0.348. The third-order valence-electron chi connectivity index (χ3n) is 2.74. The van der Waals surface area contributed by atoms with Crippen LogP contribution in [-0.2, 0) is 4.79 Å². The van der Waals surface area contributed by atoms with Crippen LogP contribution in [0, 0.1) is 0 Å². The number of carbonyl (C=O) groups is 1. The molecule has 0 spiro atoms. The van der Waals surface area contributed by atoms with Crippen LogP contribution in [0.1, 0.15) is 19.3 Å². The first kappa shape index (κ1) is 9.90. The molecule has 1 saturated carbocycles. The largest absolute Gasteiger partial charge is 0.431 e. The van der Waals surface area contributed by atoms with Crippen LogP contribution < -0.4 is 0 Å². The maximum Gasteiger partial charge on any atom is 0.257 e. The van der Waals surface area contributed by atoms with Gasteiger partial charge in [0.25, 0.3) is 5.22 Å². The summed E-state index contributed by atoms with van der Waals surface area (Å²) >= 11 is 1.58. The highest BCUT2D eigenvalue weighted by Gasteiger charge is 2.24. The fourth-order valence-electron chi connectivity index (χ4n) is 1.92. The molecule has 1 aliphatic carbocycles. The second-order valence-electron chi connectivity index (χ2n) is 3.97. The summed E-state index contributed by atoms with van der Waals surface area (Å²) in [5, 5.41) is 1.03. The molecular weight excluding hydrogens is 222 g/mol. The average molecular weight is 233 g/mol. The molecule has 0 aliphatic heterocycles. The Labute approximate surface area is 97.2 Å². The predicted octanol–water partition coefficient (Wildman–Crippen LogP) is 3.04. The molecule has 3 nitrogen and oxygen atoms in total. The molecule has 1 unspecified atom stereocenters. The minimum absolute atomic E-state index is 0.348. The van der Waals surface area contributed by atoms with Gasteiger partial charge in [0, 0.05) is 18.1 Å². The normalized spacial score (nSPS) is 20.8. The fourth-order valence-corrected chi connectivity index (χ4v) is 3.00. The molecule has 16 heavy (non-hydrogen) atoms. The fraction of sp³-hybridized carbons (Fsp3) is 0.333. The van der Waals surface area contributed by atoms with Crippen molar-refractivity contribution in [2.45, 2.75) is 29.7 Å². The molecular formula is C12H11NO2S. The molecule has 2 aromatic rings. The van der Waals surface area contributed by atoms with Crippen molar-refractivity contribution >= 4 is 28.6 Å². The zero-order valence-electron chi connectivity index (χ0n) is 8.68. The Morgan fingerprint density at radius 3 is 3.00 bits per heavy atom. The van der Waals surface area contributed by atoms with Gasteiger partial charge in [-0.2, -0.15) is 0 Å². The van der Waals surface area contributed by atoms with Crippen LogP contribution in [0.4, 0.5) is 0 Å². The van der Waals surface area contributed by atoms with Crippen LogP contribution in [0.25, 0.3) is 11.1 Å². The van der Waals surface area contributed by atoms with Crippen molar-refractivity contribution in [3.63, 3.8) is 0 Å². The highest BCUT2D eigenvalue weighted by atomic mass is 32.2. The molecule has 1 fully saturated rings. The Hall–Kier alpha value is -1.29. The van der Waals surface area contributed by atoms with Gasteiger partial charge in [-0.3, -0.25) is 4.79 Å². The molecule has 0 amide bonds. The lowest BCUT2D eigenvalue weighted by Crippen LogP contribution is -1.95. The van der Waals surface area contributed by atoms with Crippen LogP contribution in [0.5, 0.6) is 0 Å². The van der Waals surface area contributed by atoms with Gasteiger partial charge in [0.05, 0.1) is 0 Å². The monoisotopic (exact) mass is 233 g/mol. The summed E-state index contributed by atoms with van der Waals surface area (Å²) in [5.41, 5.74) is 1.70. The van der Waals surface area contributed by atoms with Crippen molar-refractivity contribution in [3.8, 4) is 0 Å². The number of oxazole rings is 1. The van der Waals surface area contributed by atoms with Crippen LogP contribution >= 0.6 is 11.8 Å². The van der Waals surface area contributed by atoms with E-state index in [1.807, 2.05) is 24.3 Å². The Morgan fingerprint density at radius 2 is 2.25 bits per heavy atom. The quantitative estimate of drug-likeness (QED) is 0.799. The SMILES string of the molecule is O=C1CCC(Sc2nc3ccccc3o2)C1. The lowest BCUT2D eigenvalue weighted by molar-refractivity contribution is -0.117. The third kappa shape index (κ3) is 1.85. The van der Waals surface area contributed by atoms with Crippen LogP contribution in [0.3, 0.4) is 0 Å². The second-order valence-corrected chi connectivity index (χ2v) is 5.22. The van der Waals surface area contributed by atoms with E-state index in [0.29, 0.717) is 29.1 Å². The van der Waals surface area contributed by atoms with Crippen molar-refractivity contribution in [3.05, 3.63) is 24.3 Å². The second kappa shape index (κ2) is 3.94. The molecule has 3 rings (SSSR count). The summed E-state index contributed by atoms with van der Waals surface area (Å²) in [6.45, 7) is 0. The number of thioether (sulfide) groups is 1. The molecule has 1 aromatic heterocycles. The average Bonchev–Trinajstić information content (AvgIpc) is 2.84. The number of hydrogen-bond acceptors (Lipinski definition) is 4. The maximum atomic E-state index is 11.2. The summed E-state index contributed by atoms with van der Waals surface area (Å²) in [7, 11) is 0. The Balaban J connectivity index is 1.81. The zero-order valence-corrected chi connectivity index (χ0v) is 9.50. The number of nitrogens with zero attached hydrogens (tertiary/aromatic N) is 1. The molecule has 82 valence electrons. The molecule has 1 atom stereocenters. The number of aromatic nitrogens is 1. The Kier molecular flexibility index (Phi) is 2.44. The van der Waals surface area contributed by atoms with E-state index >= 15 is 0 Å². The van der Waals surface area contributed by atoms with Crippen molar-refractivity contribution in [1.29, 1.82) is 0 Å². The van der Waals surface area contributed by atoms with Crippen LogP contribution in [-0.4, -0.2) is 16.0 Å². The topological polar surface area (TPSA) is 43.1 Å². The van der Waals surface area contributed by atoms with E-state index in [1.54, 1.807) is 11.8 Å². The van der Waals surface area contributed by atoms with Crippen molar-refractivity contribution in [2.24, 2.45) is 0 Å². The van der Waals surface area contributed by atoms with Gasteiger partial charge in [-0.25, -0.2) is 4.98 Å². The van der Waals surface area contributed by atoms with E-state index in [4.69, 9.17) is 4.42 Å². The van der Waals surface area contributed by atoms with E-state index in [2.05, 4.69) is 4.98 Å². The van der Waals surface area contributed by atoms with Gasteiger partial charge in [-0.15, -0.1) is 0 Å². The molecule has 0 radical (unpaired) electrons. The van der Waals surface area contributed by atoms with E-state index in [1.165, 1.54) is 0 Å². The maximum absolute atomic E-state index is 11.2. The molecule has 0 bridgehead atoms. The van der Waals surface area contributed by atoms with Crippen LogP contribution in [0.15, 0.2) is 33.9 Å². The number of para-hydroxylation sites is 2. The van der Waals surface area contributed by atoms with Crippen molar-refractivity contribution in [2.75, 3.05) is 0 Å². The van der Waals surface area contributed by atoms with Gasteiger partial charge in [0.2, 0.25) is 0 Å². The molecule has 1 heterocycles. The first-order valence-electron chi connectivity index (χ1n) is 5.35. The summed E-state index contributed by atoms with van der Waals surface area (Å²) in [4.78, 5) is 15.5. The number of Topliss-reactive ketones (excluding diaryl/α,β-unsaturated/α-hetero) is 1. The van der Waals surface area contributed by atoms with Gasteiger partial charge >= 0.3 is 0 Å². The van der Waals surface area contributed by atoms with Gasteiger partial charge in [-0.1, -0.05) is 23.9 Å². The first-order chi connectivity index (χ1) is 7.81. The predicted molar refractivity (Wildman–Crippen MR) is 62.5 cm³/mol. The summed E-state index contributed by atoms with van der Waals surface area (Å²) in [6, 6.07) is 7.72. The number of carbonyl (C=O) groups excluding carboxylic acids is 1. The standard InChI is InChI=1S/C12H11NO2S/c14-8-5-6-9(7-8)16-12-13-10-3-1-2-4-11(10)15-12/h1-4,9H,5-7H2. The molecule has 1 aromatic carbocycles. The molecule has 1 aliphatic rings. The molecule has 4 heteroatoms. The van der Waals surface area contributed by atoms with E-state index < -0.39 is 0 Å². The van der Waals surface area contributed by atoms with Gasteiger partial charge in [-0.05, 0) is 18.6 Å². The summed E-state index contributed by atoms with van der Waals surface area (Å²) in [6.07, 6.45) is 2.31. The van der Waals surface area contributed by atoms with E-state index in [9.17, 15) is 4.79 Å². The number of benzene rings is 1. The minimum Gasteiger partial charge on any atom is -0.431 e. The zero-order chi connectivity index (χ0) is 11.0. The highest BCUT2D eigenvalue weighted by Crippen LogP contribution is 2.34. The number of ketones is 1. The molecule has 0 saturated heterocycles. The lowest BCUT2D eigenvalue weighted by Gasteiger charge is -2.01. The van der Waals surface area contributed by atoms with Gasteiger partial charge in [0.1, 0.15) is 11.3 Å². The smallest absolute Gasteiger partial charge is 0.257 e. The van der Waals surface area contributed by atoms with Crippen molar-refractivity contribution < 1.29 is 9.21 Å². The van der Waals surface area contributed by atoms with Crippen LogP contribution in [0.2, 0.25) is 0 Å². The number of hydrogen-bond donors (Lipinski definition) is 0. The van der Waals surface area contributed by atoms with E-state index in [0.717, 1.165) is 17.5 Å². The number of rotatable bonds is 2. The Morgan fingerprint density at radius 1 is 1.38 bits per heavy atom. The van der Waals surface area contributed by atoms with Gasteiger partial charge in [0.15, 0.2) is 5.58 Å². The number of fused-ring (bicyclic) bond motifs is 1. The third-order valence-corrected chi connectivity index (χ3v) is 3.85. The lowest BCUT2D eigenvalue weighted by atomic mass is 10.3. The van der Waals surface area contributed by atoms with E-state index in [-0.39, 0.29) is 0 Å². The van der Waals surface area contributed by atoms with Crippen molar-refractivity contribution in [1.82, 2.24) is 4.98 Å². The highest BCUT2D eigenvalue weighted by molar-refractivity contribution is 7.99. The van der Waals surface area contributed by atoms with Gasteiger partial charge < -0.3 is 4.42 Å².